The number of hydrogen-bond donors (Lipinski definition) is 3. The second-order valence-electron chi connectivity index (χ2n) is 6.13. The summed E-state index contributed by atoms with van der Waals surface area (Å²) in [5, 5.41) is 15.7. The predicted octanol–water partition coefficient (Wildman–Crippen LogP) is 2.23. The van der Waals surface area contributed by atoms with E-state index in [2.05, 4.69) is 10.6 Å². The number of carbonyl (C=O) groups is 1. The van der Waals surface area contributed by atoms with Gasteiger partial charge >= 0.3 is 6.03 Å². The predicted molar refractivity (Wildman–Crippen MR) is 85.6 cm³/mol. The Bertz CT molecular complexity index is 458. The Kier molecular flexibility index (Phi) is 6.21. The molecule has 0 bridgehead atoms. The maximum atomic E-state index is 11.9. The number of benzene rings is 1. The van der Waals surface area contributed by atoms with E-state index in [1.807, 2.05) is 30.3 Å². The summed E-state index contributed by atoms with van der Waals surface area (Å²) in [4.78, 5) is 11.9. The van der Waals surface area contributed by atoms with Gasteiger partial charge in [0.25, 0.3) is 0 Å². The second-order valence-corrected chi connectivity index (χ2v) is 6.13. The van der Waals surface area contributed by atoms with Gasteiger partial charge in [-0.3, -0.25) is 0 Å². The first-order chi connectivity index (χ1) is 10.7. The number of aliphatic hydroxyl groups is 1. The molecule has 22 heavy (non-hydrogen) atoms. The number of carbonyl (C=O) groups excluding carboxylic acids is 1. The Morgan fingerprint density at radius 3 is 2.59 bits per heavy atom. The Morgan fingerprint density at radius 2 is 1.95 bits per heavy atom. The molecule has 1 atom stereocenters. The molecule has 5 nitrogen and oxygen atoms in total. The lowest BCUT2D eigenvalue weighted by Crippen LogP contribution is -2.44. The van der Waals surface area contributed by atoms with Crippen LogP contribution in [-0.4, -0.2) is 37.9 Å². The van der Waals surface area contributed by atoms with Crippen molar-refractivity contribution in [1.29, 1.82) is 0 Å². The summed E-state index contributed by atoms with van der Waals surface area (Å²) in [6, 6.07) is 9.08. The van der Waals surface area contributed by atoms with Crippen LogP contribution in [0, 0.1) is 5.41 Å². The number of rotatable bonds is 7. The van der Waals surface area contributed by atoms with E-state index in [0.717, 1.165) is 18.4 Å². The summed E-state index contributed by atoms with van der Waals surface area (Å²) in [6.45, 7) is 1.50. The maximum Gasteiger partial charge on any atom is 0.314 e. The van der Waals surface area contributed by atoms with Crippen LogP contribution < -0.4 is 10.6 Å². The zero-order chi connectivity index (χ0) is 15.8. The fourth-order valence-electron chi connectivity index (χ4n) is 3.12. The van der Waals surface area contributed by atoms with Crippen LogP contribution in [0.15, 0.2) is 30.3 Å². The molecule has 0 aromatic heterocycles. The number of ether oxygens (including phenoxy) is 1. The van der Waals surface area contributed by atoms with Crippen LogP contribution in [0.5, 0.6) is 0 Å². The summed E-state index contributed by atoms with van der Waals surface area (Å²) in [6.07, 6.45) is 3.88. The highest BCUT2D eigenvalue weighted by Gasteiger charge is 2.34. The lowest BCUT2D eigenvalue weighted by molar-refractivity contribution is 0.0840. The van der Waals surface area contributed by atoms with Gasteiger partial charge in [-0.15, -0.1) is 0 Å². The molecule has 0 radical (unpaired) electrons. The largest absolute Gasteiger partial charge is 0.387 e. The normalized spacial score (nSPS) is 17.9. The van der Waals surface area contributed by atoms with Crippen molar-refractivity contribution < 1.29 is 14.6 Å². The third-order valence-corrected chi connectivity index (χ3v) is 4.38. The van der Waals surface area contributed by atoms with Crippen LogP contribution in [0.4, 0.5) is 4.79 Å². The van der Waals surface area contributed by atoms with Gasteiger partial charge in [0.2, 0.25) is 0 Å². The van der Waals surface area contributed by atoms with Gasteiger partial charge in [0.15, 0.2) is 0 Å². The molecule has 3 N–H and O–H groups in total. The molecule has 1 saturated carbocycles. The molecule has 122 valence electrons. The highest BCUT2D eigenvalue weighted by Crippen LogP contribution is 2.37. The molecule has 0 aliphatic heterocycles. The highest BCUT2D eigenvalue weighted by atomic mass is 16.5. The van der Waals surface area contributed by atoms with Gasteiger partial charge in [0, 0.05) is 25.6 Å². The summed E-state index contributed by atoms with van der Waals surface area (Å²) >= 11 is 0. The van der Waals surface area contributed by atoms with E-state index in [0.29, 0.717) is 13.2 Å². The molecule has 1 aromatic rings. The van der Waals surface area contributed by atoms with Gasteiger partial charge in [0.1, 0.15) is 0 Å². The van der Waals surface area contributed by atoms with Crippen LogP contribution in [0.25, 0.3) is 0 Å². The Balaban J connectivity index is 1.73. The molecule has 2 amide bonds. The zero-order valence-electron chi connectivity index (χ0n) is 13.2. The number of methoxy groups -OCH3 is 1. The van der Waals surface area contributed by atoms with Gasteiger partial charge in [-0.2, -0.15) is 0 Å². The van der Waals surface area contributed by atoms with Crippen molar-refractivity contribution >= 4 is 6.03 Å². The molecule has 1 fully saturated rings. The van der Waals surface area contributed by atoms with E-state index in [1.54, 1.807) is 7.11 Å². The monoisotopic (exact) mass is 306 g/mol. The van der Waals surface area contributed by atoms with E-state index in [1.165, 1.54) is 12.8 Å². The van der Waals surface area contributed by atoms with Gasteiger partial charge in [-0.1, -0.05) is 43.2 Å². The van der Waals surface area contributed by atoms with E-state index in [-0.39, 0.29) is 18.0 Å². The van der Waals surface area contributed by atoms with E-state index in [4.69, 9.17) is 4.74 Å². The zero-order valence-corrected chi connectivity index (χ0v) is 13.2. The maximum absolute atomic E-state index is 11.9. The lowest BCUT2D eigenvalue weighted by Gasteiger charge is -2.28. The average molecular weight is 306 g/mol. The minimum absolute atomic E-state index is 0.0735. The molecule has 2 rings (SSSR count). The first-order valence-corrected chi connectivity index (χ1v) is 7.89. The van der Waals surface area contributed by atoms with Crippen molar-refractivity contribution in [3.05, 3.63) is 35.9 Å². The molecule has 0 spiro atoms. The van der Waals surface area contributed by atoms with E-state index < -0.39 is 6.10 Å². The van der Waals surface area contributed by atoms with E-state index >= 15 is 0 Å². The van der Waals surface area contributed by atoms with Gasteiger partial charge in [-0.25, -0.2) is 4.79 Å². The summed E-state index contributed by atoms with van der Waals surface area (Å²) in [5.41, 5.74) is 0.874. The van der Waals surface area contributed by atoms with Crippen LogP contribution in [0.1, 0.15) is 37.4 Å². The standard InChI is InChI=1S/C17H26N2O3/c1-22-13-17(9-5-6-10-17)12-19-16(21)18-11-15(20)14-7-3-2-4-8-14/h2-4,7-8,15,20H,5-6,9-13H2,1H3,(H2,18,19,21)/t15-/m1/s1. The van der Waals surface area contributed by atoms with Gasteiger partial charge in [-0.05, 0) is 18.4 Å². The third-order valence-electron chi connectivity index (χ3n) is 4.38. The van der Waals surface area contributed by atoms with Crippen molar-refractivity contribution in [3.63, 3.8) is 0 Å². The van der Waals surface area contributed by atoms with Crippen molar-refractivity contribution in [3.8, 4) is 0 Å². The Morgan fingerprint density at radius 1 is 1.27 bits per heavy atom. The molecule has 0 unspecified atom stereocenters. The average Bonchev–Trinajstić information content (AvgIpc) is 3.01. The molecular formula is C17H26N2O3. The topological polar surface area (TPSA) is 70.6 Å². The Labute approximate surface area is 132 Å². The summed E-state index contributed by atoms with van der Waals surface area (Å²) in [5.74, 6) is 0. The molecule has 0 heterocycles. The van der Waals surface area contributed by atoms with Crippen LogP contribution >= 0.6 is 0 Å². The van der Waals surface area contributed by atoms with Crippen LogP contribution in [-0.2, 0) is 4.74 Å². The van der Waals surface area contributed by atoms with Crippen molar-refractivity contribution in [1.82, 2.24) is 10.6 Å². The number of amides is 2. The third kappa shape index (κ3) is 4.71. The SMILES string of the molecule is COCC1(CNC(=O)NC[C@@H](O)c2ccccc2)CCCC1. The fourth-order valence-corrected chi connectivity index (χ4v) is 3.12. The number of hydrogen-bond acceptors (Lipinski definition) is 3. The van der Waals surface area contributed by atoms with Crippen molar-refractivity contribution in [2.24, 2.45) is 5.41 Å². The van der Waals surface area contributed by atoms with Crippen molar-refractivity contribution in [2.45, 2.75) is 31.8 Å². The van der Waals surface area contributed by atoms with E-state index in [9.17, 15) is 9.90 Å². The molecule has 5 heteroatoms. The number of urea groups is 1. The second kappa shape index (κ2) is 8.15. The Hall–Kier alpha value is -1.59. The smallest absolute Gasteiger partial charge is 0.314 e. The van der Waals surface area contributed by atoms with Gasteiger partial charge < -0.3 is 20.5 Å². The molecular weight excluding hydrogens is 280 g/mol. The minimum Gasteiger partial charge on any atom is -0.387 e. The summed E-state index contributed by atoms with van der Waals surface area (Å²) < 4.78 is 5.31. The minimum atomic E-state index is -0.689. The lowest BCUT2D eigenvalue weighted by atomic mass is 9.87. The molecule has 0 saturated heterocycles. The highest BCUT2D eigenvalue weighted by molar-refractivity contribution is 5.73. The molecule has 1 aliphatic rings. The number of aliphatic hydroxyl groups excluding tert-OH is 1. The number of nitrogens with one attached hydrogen (secondary N) is 2. The van der Waals surface area contributed by atoms with Gasteiger partial charge in [0.05, 0.1) is 12.7 Å². The molecule has 1 aliphatic carbocycles. The van der Waals surface area contributed by atoms with Crippen molar-refractivity contribution in [2.75, 3.05) is 26.8 Å². The summed E-state index contributed by atoms with van der Waals surface area (Å²) in [7, 11) is 1.70. The first kappa shape index (κ1) is 16.8. The van der Waals surface area contributed by atoms with Crippen LogP contribution in [0.2, 0.25) is 0 Å². The quantitative estimate of drug-likeness (QED) is 0.723. The molecule has 1 aromatic carbocycles. The van der Waals surface area contributed by atoms with Crippen LogP contribution in [0.3, 0.4) is 0 Å². The fraction of sp³-hybridized carbons (Fsp3) is 0.588. The first-order valence-electron chi connectivity index (χ1n) is 7.89.